The molecule has 21 heavy (non-hydrogen) atoms. The van der Waals surface area contributed by atoms with Crippen molar-refractivity contribution in [3.8, 4) is 5.88 Å². The lowest BCUT2D eigenvalue weighted by molar-refractivity contribution is -0.133. The Morgan fingerprint density at radius 2 is 2.33 bits per heavy atom. The predicted molar refractivity (Wildman–Crippen MR) is 80.6 cm³/mol. The molecule has 1 amide bonds. The summed E-state index contributed by atoms with van der Waals surface area (Å²) in [4.78, 5) is 18.8. The van der Waals surface area contributed by atoms with Gasteiger partial charge in [0.15, 0.2) is 0 Å². The van der Waals surface area contributed by atoms with E-state index in [9.17, 15) is 4.79 Å². The van der Waals surface area contributed by atoms with Crippen molar-refractivity contribution in [2.45, 2.75) is 32.9 Å². The molecule has 0 aliphatic carbocycles. The average Bonchev–Trinajstić information content (AvgIpc) is 2.47. The summed E-state index contributed by atoms with van der Waals surface area (Å²) in [7, 11) is 1.53. The quantitative estimate of drug-likeness (QED) is 0.910. The number of aromatic nitrogens is 1. The normalized spacial score (nSPS) is 19.6. The van der Waals surface area contributed by atoms with Crippen LogP contribution in [0, 0.1) is 6.92 Å². The number of ether oxygens (including phenoxy) is 2. The van der Waals surface area contributed by atoms with Crippen LogP contribution in [0.2, 0.25) is 0 Å². The monoisotopic (exact) mass is 293 g/mol. The van der Waals surface area contributed by atoms with Crippen LogP contribution in [0.5, 0.6) is 5.88 Å². The van der Waals surface area contributed by atoms with Gasteiger partial charge in [-0.15, -0.1) is 0 Å². The summed E-state index contributed by atoms with van der Waals surface area (Å²) in [6, 6.07) is 2.24. The van der Waals surface area contributed by atoms with Crippen molar-refractivity contribution >= 4 is 11.6 Å². The number of carbonyl (C=O) groups is 1. The largest absolute Gasteiger partial charge is 0.480 e. The third-order valence-corrected chi connectivity index (χ3v) is 3.56. The van der Waals surface area contributed by atoms with Gasteiger partial charge >= 0.3 is 0 Å². The second kappa shape index (κ2) is 6.87. The third kappa shape index (κ3) is 3.92. The summed E-state index contributed by atoms with van der Waals surface area (Å²) in [6.07, 6.45) is 1.23. The number of methoxy groups -OCH3 is 1. The van der Waals surface area contributed by atoms with Gasteiger partial charge in [-0.25, -0.2) is 4.98 Å². The zero-order valence-electron chi connectivity index (χ0n) is 13.0. The molecule has 0 aromatic carbocycles. The molecule has 0 bridgehead atoms. The summed E-state index contributed by atoms with van der Waals surface area (Å²) < 4.78 is 10.8. The Bertz CT molecular complexity index is 505. The summed E-state index contributed by atoms with van der Waals surface area (Å²) in [5.74, 6) is 0.247. The van der Waals surface area contributed by atoms with Crippen LogP contribution in [-0.2, 0) is 9.53 Å². The molecule has 1 N–H and O–H groups in total. The zero-order valence-corrected chi connectivity index (χ0v) is 13.0. The number of hydrogen-bond acceptors (Lipinski definition) is 5. The predicted octanol–water partition coefficient (Wildman–Crippen LogP) is 1.45. The highest BCUT2D eigenvalue weighted by molar-refractivity contribution is 5.95. The molecule has 0 saturated carbocycles. The molecule has 2 rings (SSSR count). The minimum atomic E-state index is -0.466. The molecule has 0 spiro atoms. The number of carbonyl (C=O) groups excluding carboxylic acids is 1. The van der Waals surface area contributed by atoms with Crippen molar-refractivity contribution in [3.63, 3.8) is 0 Å². The van der Waals surface area contributed by atoms with Crippen LogP contribution in [0.25, 0.3) is 0 Å². The second-order valence-corrected chi connectivity index (χ2v) is 5.51. The number of nitrogens with one attached hydrogen (secondary N) is 1. The Morgan fingerprint density at radius 1 is 1.57 bits per heavy atom. The van der Waals surface area contributed by atoms with Gasteiger partial charge in [0.05, 0.1) is 13.7 Å². The van der Waals surface area contributed by atoms with Crippen molar-refractivity contribution in [3.05, 3.63) is 17.8 Å². The van der Waals surface area contributed by atoms with Gasteiger partial charge in [-0.05, 0) is 32.4 Å². The molecule has 6 nitrogen and oxygen atoms in total. The molecule has 1 saturated heterocycles. The number of morpholine rings is 1. The Labute approximate surface area is 125 Å². The van der Waals surface area contributed by atoms with E-state index >= 15 is 0 Å². The first-order valence-electron chi connectivity index (χ1n) is 7.18. The lowest BCUT2D eigenvalue weighted by atomic mass is 10.2. The fourth-order valence-corrected chi connectivity index (χ4v) is 2.32. The standard InChI is InChI=1S/C15H23N3O3/c1-10(2)18-5-6-21-13(9-18)14(19)17-12-7-11(3)8-16-15(12)20-4/h7-8,10,13H,5-6,9H2,1-4H3,(H,17,19). The van der Waals surface area contributed by atoms with E-state index in [1.807, 2.05) is 13.0 Å². The Hall–Kier alpha value is -1.66. The fraction of sp³-hybridized carbons (Fsp3) is 0.600. The third-order valence-electron chi connectivity index (χ3n) is 3.56. The minimum Gasteiger partial charge on any atom is -0.480 e. The number of amides is 1. The van der Waals surface area contributed by atoms with Crippen LogP contribution in [-0.4, -0.2) is 54.7 Å². The zero-order chi connectivity index (χ0) is 15.4. The number of rotatable bonds is 4. The van der Waals surface area contributed by atoms with Gasteiger partial charge in [0.2, 0.25) is 5.88 Å². The molecule has 6 heteroatoms. The maximum absolute atomic E-state index is 12.4. The lowest BCUT2D eigenvalue weighted by Gasteiger charge is -2.34. The second-order valence-electron chi connectivity index (χ2n) is 5.51. The molecular formula is C15H23N3O3. The van der Waals surface area contributed by atoms with Gasteiger partial charge in [-0.2, -0.15) is 0 Å². The van der Waals surface area contributed by atoms with Crippen LogP contribution in [0.3, 0.4) is 0 Å². The molecule has 116 valence electrons. The Balaban J connectivity index is 2.06. The fourth-order valence-electron chi connectivity index (χ4n) is 2.32. The number of hydrogen-bond donors (Lipinski definition) is 1. The molecular weight excluding hydrogens is 270 g/mol. The molecule has 1 aromatic rings. The highest BCUT2D eigenvalue weighted by atomic mass is 16.5. The molecule has 1 aliphatic heterocycles. The molecule has 1 aromatic heterocycles. The Morgan fingerprint density at radius 3 is 3.00 bits per heavy atom. The van der Waals surface area contributed by atoms with Crippen LogP contribution in [0.4, 0.5) is 5.69 Å². The molecule has 0 radical (unpaired) electrons. The van der Waals surface area contributed by atoms with Crippen LogP contribution in [0.1, 0.15) is 19.4 Å². The first kappa shape index (κ1) is 15.7. The first-order chi connectivity index (χ1) is 10.0. The highest BCUT2D eigenvalue weighted by Gasteiger charge is 2.28. The van der Waals surface area contributed by atoms with Gasteiger partial charge in [-0.1, -0.05) is 0 Å². The van der Waals surface area contributed by atoms with E-state index < -0.39 is 6.10 Å². The van der Waals surface area contributed by atoms with E-state index in [2.05, 4.69) is 29.0 Å². The maximum Gasteiger partial charge on any atom is 0.254 e. The molecule has 1 fully saturated rings. The van der Waals surface area contributed by atoms with Crippen molar-refractivity contribution in [1.29, 1.82) is 0 Å². The van der Waals surface area contributed by atoms with E-state index in [0.29, 0.717) is 30.8 Å². The minimum absolute atomic E-state index is 0.161. The van der Waals surface area contributed by atoms with E-state index in [0.717, 1.165) is 12.1 Å². The van der Waals surface area contributed by atoms with Crippen LogP contribution in [0.15, 0.2) is 12.3 Å². The number of anilines is 1. The van der Waals surface area contributed by atoms with Gasteiger partial charge < -0.3 is 14.8 Å². The van der Waals surface area contributed by atoms with Crippen molar-refractivity contribution in [2.24, 2.45) is 0 Å². The lowest BCUT2D eigenvalue weighted by Crippen LogP contribution is -2.50. The molecule has 1 aliphatic rings. The summed E-state index contributed by atoms with van der Waals surface area (Å²) in [6.45, 7) is 8.18. The molecule has 1 unspecified atom stereocenters. The smallest absolute Gasteiger partial charge is 0.254 e. The average molecular weight is 293 g/mol. The summed E-state index contributed by atoms with van der Waals surface area (Å²) in [5.41, 5.74) is 1.53. The highest BCUT2D eigenvalue weighted by Crippen LogP contribution is 2.22. The van der Waals surface area contributed by atoms with Crippen molar-refractivity contribution < 1.29 is 14.3 Å². The van der Waals surface area contributed by atoms with Gasteiger partial charge in [0, 0.05) is 25.3 Å². The van der Waals surface area contributed by atoms with Gasteiger partial charge in [0.25, 0.3) is 5.91 Å². The summed E-state index contributed by atoms with van der Waals surface area (Å²) in [5, 5.41) is 2.85. The molecule has 1 atom stereocenters. The molecule has 2 heterocycles. The van der Waals surface area contributed by atoms with Crippen molar-refractivity contribution in [1.82, 2.24) is 9.88 Å². The van der Waals surface area contributed by atoms with E-state index in [4.69, 9.17) is 9.47 Å². The van der Waals surface area contributed by atoms with Crippen molar-refractivity contribution in [2.75, 3.05) is 32.1 Å². The van der Waals surface area contributed by atoms with Crippen LogP contribution >= 0.6 is 0 Å². The number of aryl methyl sites for hydroxylation is 1. The number of pyridine rings is 1. The maximum atomic E-state index is 12.4. The summed E-state index contributed by atoms with van der Waals surface area (Å²) >= 11 is 0. The van der Waals surface area contributed by atoms with E-state index in [1.165, 1.54) is 7.11 Å². The SMILES string of the molecule is COc1ncc(C)cc1NC(=O)C1CN(C(C)C)CCO1. The topological polar surface area (TPSA) is 63.7 Å². The van der Waals surface area contributed by atoms with E-state index in [1.54, 1.807) is 6.20 Å². The van der Waals surface area contributed by atoms with Gasteiger partial charge in [-0.3, -0.25) is 9.69 Å². The van der Waals surface area contributed by atoms with Crippen LogP contribution < -0.4 is 10.1 Å². The Kier molecular flexibility index (Phi) is 5.14. The first-order valence-corrected chi connectivity index (χ1v) is 7.18. The van der Waals surface area contributed by atoms with Gasteiger partial charge in [0.1, 0.15) is 11.8 Å². The number of nitrogens with zero attached hydrogens (tertiary/aromatic N) is 2. The van der Waals surface area contributed by atoms with E-state index in [-0.39, 0.29) is 5.91 Å².